The van der Waals surface area contributed by atoms with Crippen LogP contribution in [0.25, 0.3) is 0 Å². The normalized spacial score (nSPS) is 12.1. The van der Waals surface area contributed by atoms with E-state index < -0.39 is 24.2 Å². The van der Waals surface area contributed by atoms with Gasteiger partial charge in [-0.3, -0.25) is 9.78 Å². The Bertz CT molecular complexity index is 464. The van der Waals surface area contributed by atoms with E-state index in [1.54, 1.807) is 5.32 Å². The van der Waals surface area contributed by atoms with Crippen LogP contribution < -0.4 is 10.6 Å². The van der Waals surface area contributed by atoms with Gasteiger partial charge in [-0.2, -0.15) is 13.2 Å². The molecule has 0 aliphatic heterocycles. The van der Waals surface area contributed by atoms with E-state index in [0.717, 1.165) is 0 Å². The molecule has 2 N–H and O–H groups in total. The number of hydrogen-bond donors (Lipinski definition) is 2. The fourth-order valence-electron chi connectivity index (χ4n) is 1.18. The molecule has 106 valence electrons. The third-order valence-electron chi connectivity index (χ3n) is 2.06. The Hall–Kier alpha value is -1.57. The molecule has 0 aromatic carbocycles. The number of carbonyl (C=O) groups excluding carboxylic acids is 1. The summed E-state index contributed by atoms with van der Waals surface area (Å²) in [7, 11) is 0. The predicted molar refractivity (Wildman–Crippen MR) is 63.8 cm³/mol. The molecule has 0 spiro atoms. The molecule has 0 radical (unpaired) electrons. The summed E-state index contributed by atoms with van der Waals surface area (Å²) in [5.74, 6) is -0.619. The molecule has 5 nitrogen and oxygen atoms in total. The number of halogens is 4. The number of aromatic nitrogens is 2. The molecule has 1 aromatic rings. The van der Waals surface area contributed by atoms with Gasteiger partial charge in [-0.05, 0) is 13.8 Å². The van der Waals surface area contributed by atoms with Gasteiger partial charge in [-0.15, -0.1) is 0 Å². The summed E-state index contributed by atoms with van der Waals surface area (Å²) in [5, 5.41) is 4.56. The zero-order chi connectivity index (χ0) is 14.7. The fraction of sp³-hybridized carbons (Fsp3) is 0.500. The number of carbonyl (C=O) groups is 1. The van der Waals surface area contributed by atoms with Gasteiger partial charge in [0.2, 0.25) is 5.91 Å². The molecule has 1 rings (SSSR count). The average Bonchev–Trinajstić information content (AvgIpc) is 2.24. The highest BCUT2D eigenvalue weighted by molar-refractivity contribution is 6.29. The minimum absolute atomic E-state index is 0.108. The van der Waals surface area contributed by atoms with E-state index in [-0.39, 0.29) is 11.0 Å². The molecule has 19 heavy (non-hydrogen) atoms. The Morgan fingerprint density at radius 1 is 1.37 bits per heavy atom. The lowest BCUT2D eigenvalue weighted by Gasteiger charge is -2.25. The van der Waals surface area contributed by atoms with Crippen molar-refractivity contribution in [1.82, 2.24) is 15.3 Å². The molecule has 1 heterocycles. The van der Waals surface area contributed by atoms with Crippen molar-refractivity contribution in [3.8, 4) is 0 Å². The largest absolute Gasteiger partial charge is 0.405 e. The van der Waals surface area contributed by atoms with Gasteiger partial charge in [-0.25, -0.2) is 4.98 Å². The lowest BCUT2D eigenvalue weighted by atomic mass is 10.0. The van der Waals surface area contributed by atoms with Crippen molar-refractivity contribution in [1.29, 1.82) is 0 Å². The monoisotopic (exact) mass is 296 g/mol. The fourth-order valence-corrected chi connectivity index (χ4v) is 1.33. The van der Waals surface area contributed by atoms with Gasteiger partial charge in [0.15, 0.2) is 0 Å². The second-order valence-corrected chi connectivity index (χ2v) is 4.66. The maximum atomic E-state index is 12.0. The predicted octanol–water partition coefficient (Wildman–Crippen LogP) is 2.00. The molecule has 0 aliphatic rings. The van der Waals surface area contributed by atoms with Crippen LogP contribution in [0.5, 0.6) is 0 Å². The minimum Gasteiger partial charge on any atom is -0.355 e. The number of amides is 1. The average molecular weight is 297 g/mol. The lowest BCUT2D eigenvalue weighted by molar-refractivity contribution is -0.140. The van der Waals surface area contributed by atoms with Crippen LogP contribution in [0.3, 0.4) is 0 Å². The first-order chi connectivity index (χ1) is 8.60. The number of anilines is 1. The van der Waals surface area contributed by atoms with Crippen molar-refractivity contribution in [2.24, 2.45) is 0 Å². The first-order valence-electron chi connectivity index (χ1n) is 5.21. The van der Waals surface area contributed by atoms with Gasteiger partial charge in [0.05, 0.1) is 12.4 Å². The number of nitrogens with one attached hydrogen (secondary N) is 2. The van der Waals surface area contributed by atoms with Crippen molar-refractivity contribution < 1.29 is 18.0 Å². The Balaban J connectivity index is 2.67. The Labute approximate surface area is 112 Å². The van der Waals surface area contributed by atoms with E-state index in [2.05, 4.69) is 15.3 Å². The van der Waals surface area contributed by atoms with Crippen molar-refractivity contribution >= 4 is 23.3 Å². The van der Waals surface area contributed by atoms with Gasteiger partial charge in [0, 0.05) is 0 Å². The summed E-state index contributed by atoms with van der Waals surface area (Å²) in [4.78, 5) is 19.2. The molecule has 0 saturated heterocycles. The number of rotatable bonds is 4. The number of hydrogen-bond acceptors (Lipinski definition) is 4. The highest BCUT2D eigenvalue weighted by Gasteiger charge is 2.33. The topological polar surface area (TPSA) is 66.9 Å². The Morgan fingerprint density at radius 2 is 2.00 bits per heavy atom. The van der Waals surface area contributed by atoms with Crippen molar-refractivity contribution in [3.63, 3.8) is 0 Å². The van der Waals surface area contributed by atoms with Crippen LogP contribution in [-0.2, 0) is 4.79 Å². The van der Waals surface area contributed by atoms with E-state index in [9.17, 15) is 18.0 Å². The standard InChI is InChI=1S/C10H12ClF3N4O/c1-9(2,8(19)16-5-10(12,13)14)18-7-4-15-3-6(11)17-7/h3-4H,5H2,1-2H3,(H,16,19)(H,17,18). The maximum Gasteiger partial charge on any atom is 0.405 e. The molecule has 1 amide bonds. The van der Waals surface area contributed by atoms with Crippen LogP contribution in [0.4, 0.5) is 19.0 Å². The van der Waals surface area contributed by atoms with Crippen molar-refractivity contribution in [2.45, 2.75) is 25.6 Å². The van der Waals surface area contributed by atoms with Crippen LogP contribution >= 0.6 is 11.6 Å². The summed E-state index contributed by atoms with van der Waals surface area (Å²) < 4.78 is 36.0. The van der Waals surface area contributed by atoms with Gasteiger partial charge in [-0.1, -0.05) is 11.6 Å². The van der Waals surface area contributed by atoms with Gasteiger partial charge in [0.25, 0.3) is 0 Å². The molecule has 0 fully saturated rings. The summed E-state index contributed by atoms with van der Waals surface area (Å²) in [5.41, 5.74) is -1.29. The van der Waals surface area contributed by atoms with Crippen LogP contribution in [0.1, 0.15) is 13.8 Å². The summed E-state index contributed by atoms with van der Waals surface area (Å²) in [6.07, 6.45) is -1.85. The van der Waals surface area contributed by atoms with Gasteiger partial charge >= 0.3 is 6.18 Å². The molecule has 0 unspecified atom stereocenters. The summed E-state index contributed by atoms with van der Waals surface area (Å²) in [6.45, 7) is 1.45. The first-order valence-corrected chi connectivity index (χ1v) is 5.59. The molecular weight excluding hydrogens is 285 g/mol. The first kappa shape index (κ1) is 15.5. The van der Waals surface area contributed by atoms with Crippen molar-refractivity contribution in [3.05, 3.63) is 17.5 Å². The Morgan fingerprint density at radius 3 is 2.53 bits per heavy atom. The lowest BCUT2D eigenvalue weighted by Crippen LogP contribution is -2.50. The highest BCUT2D eigenvalue weighted by Crippen LogP contribution is 2.16. The molecule has 0 aliphatic carbocycles. The van der Waals surface area contributed by atoms with Crippen LogP contribution in [0.2, 0.25) is 5.15 Å². The zero-order valence-electron chi connectivity index (χ0n) is 10.2. The third kappa shape index (κ3) is 5.29. The third-order valence-corrected chi connectivity index (χ3v) is 2.24. The maximum absolute atomic E-state index is 12.0. The second-order valence-electron chi connectivity index (χ2n) is 4.27. The van der Waals surface area contributed by atoms with E-state index in [1.165, 1.54) is 26.2 Å². The molecular formula is C10H12ClF3N4O. The number of alkyl halides is 3. The van der Waals surface area contributed by atoms with E-state index in [4.69, 9.17) is 11.6 Å². The quantitative estimate of drug-likeness (QED) is 0.892. The van der Waals surface area contributed by atoms with Gasteiger partial charge < -0.3 is 10.6 Å². The Kier molecular flexibility index (Phi) is 4.56. The van der Waals surface area contributed by atoms with Gasteiger partial charge in [0.1, 0.15) is 23.1 Å². The second kappa shape index (κ2) is 5.60. The molecule has 0 atom stereocenters. The van der Waals surface area contributed by atoms with Crippen LogP contribution in [0, 0.1) is 0 Å². The number of nitrogens with zero attached hydrogens (tertiary/aromatic N) is 2. The summed E-state index contributed by atoms with van der Waals surface area (Å²) in [6, 6.07) is 0. The molecule has 9 heteroatoms. The van der Waals surface area contributed by atoms with E-state index >= 15 is 0 Å². The van der Waals surface area contributed by atoms with Crippen molar-refractivity contribution in [2.75, 3.05) is 11.9 Å². The van der Waals surface area contributed by atoms with Crippen LogP contribution in [0.15, 0.2) is 12.4 Å². The van der Waals surface area contributed by atoms with Crippen LogP contribution in [-0.4, -0.2) is 34.1 Å². The molecule has 0 bridgehead atoms. The minimum atomic E-state index is -4.46. The van der Waals surface area contributed by atoms with E-state index in [0.29, 0.717) is 0 Å². The molecule has 1 aromatic heterocycles. The smallest absolute Gasteiger partial charge is 0.355 e. The molecule has 0 saturated carbocycles. The van der Waals surface area contributed by atoms with E-state index in [1.807, 2.05) is 0 Å². The highest BCUT2D eigenvalue weighted by atomic mass is 35.5. The zero-order valence-corrected chi connectivity index (χ0v) is 10.9. The summed E-state index contributed by atoms with van der Waals surface area (Å²) >= 11 is 5.61. The SMILES string of the molecule is CC(C)(Nc1cncc(Cl)n1)C(=O)NCC(F)(F)F.